The van der Waals surface area contributed by atoms with Crippen LogP contribution in [0, 0.1) is 47.3 Å². The molecule has 0 amide bonds. The maximum absolute atomic E-state index is 2.54. The number of rotatable bonds is 1. The smallest absolute Gasteiger partial charge is 0.0321 e. The molecule has 3 aliphatic rings. The first-order chi connectivity index (χ1) is 7.63. The predicted molar refractivity (Wildman–Crippen MR) is 69.1 cm³/mol. The van der Waals surface area contributed by atoms with Crippen LogP contribution in [0.25, 0.3) is 0 Å². The molecular formula is C16H28. The molecule has 0 aromatic heterocycles. The Balaban J connectivity index is 1.88. The largest absolute Gasteiger partial charge is 0.0651 e. The van der Waals surface area contributed by atoms with Gasteiger partial charge in [-0.3, -0.25) is 0 Å². The molecule has 0 aliphatic heterocycles. The number of fused-ring (bicyclic) bond motifs is 3. The van der Waals surface area contributed by atoms with Crippen LogP contribution in [0.15, 0.2) is 0 Å². The average molecular weight is 220 g/mol. The van der Waals surface area contributed by atoms with Crippen molar-refractivity contribution in [1.82, 2.24) is 0 Å². The molecule has 3 rings (SSSR count). The lowest BCUT2D eigenvalue weighted by atomic mass is 9.77. The molecule has 8 unspecified atom stereocenters. The summed E-state index contributed by atoms with van der Waals surface area (Å²) < 4.78 is 0. The standard InChI is InChI=1S/C16H28/c1-5-12-7-10(3)14-8-13-9(2)6-11(4)15(13)16(12)14/h9-16H,5-8H2,1-4H3. The van der Waals surface area contributed by atoms with Gasteiger partial charge in [0.05, 0.1) is 0 Å². The molecule has 16 heavy (non-hydrogen) atoms. The number of hydrogen-bond donors (Lipinski definition) is 0. The Morgan fingerprint density at radius 1 is 0.750 bits per heavy atom. The first-order valence-electron chi connectivity index (χ1n) is 7.63. The highest BCUT2D eigenvalue weighted by molar-refractivity contribution is 5.05. The van der Waals surface area contributed by atoms with E-state index in [4.69, 9.17) is 0 Å². The van der Waals surface area contributed by atoms with Crippen molar-refractivity contribution in [3.8, 4) is 0 Å². The van der Waals surface area contributed by atoms with E-state index in [0.717, 1.165) is 47.3 Å². The van der Waals surface area contributed by atoms with Crippen LogP contribution in [0.5, 0.6) is 0 Å². The van der Waals surface area contributed by atoms with Crippen LogP contribution in [-0.4, -0.2) is 0 Å². The van der Waals surface area contributed by atoms with E-state index in [-0.39, 0.29) is 0 Å². The van der Waals surface area contributed by atoms with E-state index in [1.165, 1.54) is 19.3 Å². The third kappa shape index (κ3) is 1.34. The zero-order chi connectivity index (χ0) is 11.4. The Labute approximate surface area is 101 Å². The Morgan fingerprint density at radius 3 is 2.06 bits per heavy atom. The van der Waals surface area contributed by atoms with Gasteiger partial charge in [-0.1, -0.05) is 34.1 Å². The van der Waals surface area contributed by atoms with Gasteiger partial charge < -0.3 is 0 Å². The van der Waals surface area contributed by atoms with Crippen molar-refractivity contribution in [1.29, 1.82) is 0 Å². The summed E-state index contributed by atoms with van der Waals surface area (Å²) >= 11 is 0. The van der Waals surface area contributed by atoms with Gasteiger partial charge in [0, 0.05) is 0 Å². The Kier molecular flexibility index (Phi) is 2.60. The van der Waals surface area contributed by atoms with Gasteiger partial charge in [-0.2, -0.15) is 0 Å². The van der Waals surface area contributed by atoms with E-state index in [2.05, 4.69) is 27.7 Å². The molecule has 0 heteroatoms. The molecular weight excluding hydrogens is 192 g/mol. The fourth-order valence-electron chi connectivity index (χ4n) is 6.05. The Bertz CT molecular complexity index is 269. The summed E-state index contributed by atoms with van der Waals surface area (Å²) in [4.78, 5) is 0. The highest BCUT2D eigenvalue weighted by Gasteiger charge is 2.57. The Morgan fingerprint density at radius 2 is 1.38 bits per heavy atom. The van der Waals surface area contributed by atoms with Gasteiger partial charge in [0.1, 0.15) is 0 Å². The van der Waals surface area contributed by atoms with Gasteiger partial charge in [0.25, 0.3) is 0 Å². The van der Waals surface area contributed by atoms with Crippen LogP contribution in [0.3, 0.4) is 0 Å². The van der Waals surface area contributed by atoms with Crippen LogP contribution in [0.1, 0.15) is 53.4 Å². The SMILES string of the molecule is CCC1CC(C)C2CC3C(C)CC(C)C3C12. The summed E-state index contributed by atoms with van der Waals surface area (Å²) in [6, 6.07) is 0. The summed E-state index contributed by atoms with van der Waals surface area (Å²) in [5.74, 6) is 8.57. The fraction of sp³-hybridized carbons (Fsp3) is 1.00. The van der Waals surface area contributed by atoms with Crippen molar-refractivity contribution >= 4 is 0 Å². The van der Waals surface area contributed by atoms with Crippen LogP contribution in [-0.2, 0) is 0 Å². The van der Waals surface area contributed by atoms with Crippen LogP contribution >= 0.6 is 0 Å². The molecule has 0 heterocycles. The second-order valence-electron chi connectivity index (χ2n) is 7.29. The molecule has 0 aromatic carbocycles. The summed E-state index contributed by atoms with van der Waals surface area (Å²) in [5.41, 5.74) is 0. The maximum Gasteiger partial charge on any atom is -0.0321 e. The van der Waals surface area contributed by atoms with E-state index in [1.807, 2.05) is 0 Å². The minimum Gasteiger partial charge on any atom is -0.0651 e. The summed E-state index contributed by atoms with van der Waals surface area (Å²) in [5, 5.41) is 0. The fourth-order valence-corrected chi connectivity index (χ4v) is 6.05. The molecule has 0 spiro atoms. The lowest BCUT2D eigenvalue weighted by Crippen LogP contribution is -2.22. The van der Waals surface area contributed by atoms with E-state index < -0.39 is 0 Å². The summed E-state index contributed by atoms with van der Waals surface area (Å²) in [7, 11) is 0. The van der Waals surface area contributed by atoms with Crippen molar-refractivity contribution < 1.29 is 0 Å². The zero-order valence-electron chi connectivity index (χ0n) is 11.4. The molecule has 92 valence electrons. The minimum absolute atomic E-state index is 1.02. The van der Waals surface area contributed by atoms with Gasteiger partial charge in [-0.25, -0.2) is 0 Å². The number of hydrogen-bond acceptors (Lipinski definition) is 0. The molecule has 0 saturated heterocycles. The van der Waals surface area contributed by atoms with E-state index in [0.29, 0.717) is 0 Å². The quantitative estimate of drug-likeness (QED) is 0.606. The minimum atomic E-state index is 1.02. The van der Waals surface area contributed by atoms with Crippen molar-refractivity contribution in [3.05, 3.63) is 0 Å². The molecule has 0 nitrogen and oxygen atoms in total. The van der Waals surface area contributed by atoms with Crippen LogP contribution in [0.2, 0.25) is 0 Å². The summed E-state index contributed by atoms with van der Waals surface area (Å²) in [6.07, 6.45) is 6.08. The topological polar surface area (TPSA) is 0 Å². The molecule has 3 aliphatic carbocycles. The molecule has 3 fully saturated rings. The lowest BCUT2D eigenvalue weighted by molar-refractivity contribution is 0.204. The van der Waals surface area contributed by atoms with Gasteiger partial charge in [0.15, 0.2) is 0 Å². The van der Waals surface area contributed by atoms with Crippen molar-refractivity contribution in [2.45, 2.75) is 53.4 Å². The first-order valence-corrected chi connectivity index (χ1v) is 7.63. The molecule has 0 aromatic rings. The first kappa shape index (κ1) is 11.1. The highest BCUT2D eigenvalue weighted by atomic mass is 14.6. The highest BCUT2D eigenvalue weighted by Crippen LogP contribution is 2.63. The second kappa shape index (κ2) is 3.75. The van der Waals surface area contributed by atoms with Gasteiger partial charge in [-0.05, 0) is 66.6 Å². The Hall–Kier alpha value is 0. The van der Waals surface area contributed by atoms with Gasteiger partial charge in [0.2, 0.25) is 0 Å². The van der Waals surface area contributed by atoms with E-state index in [1.54, 1.807) is 6.42 Å². The average Bonchev–Trinajstić information content (AvgIpc) is 2.83. The second-order valence-corrected chi connectivity index (χ2v) is 7.29. The third-order valence-corrected chi connectivity index (χ3v) is 6.58. The van der Waals surface area contributed by atoms with Crippen LogP contribution < -0.4 is 0 Å². The molecule has 3 saturated carbocycles. The van der Waals surface area contributed by atoms with Gasteiger partial charge >= 0.3 is 0 Å². The molecule has 8 atom stereocenters. The molecule has 0 N–H and O–H groups in total. The molecule has 0 bridgehead atoms. The lowest BCUT2D eigenvalue weighted by Gasteiger charge is -2.27. The van der Waals surface area contributed by atoms with E-state index in [9.17, 15) is 0 Å². The predicted octanol–water partition coefficient (Wildman–Crippen LogP) is 4.60. The van der Waals surface area contributed by atoms with E-state index >= 15 is 0 Å². The van der Waals surface area contributed by atoms with Crippen molar-refractivity contribution in [2.24, 2.45) is 47.3 Å². The van der Waals surface area contributed by atoms with Crippen molar-refractivity contribution in [3.63, 3.8) is 0 Å². The molecule has 0 radical (unpaired) electrons. The maximum atomic E-state index is 2.54. The normalized spacial score (nSPS) is 60.0. The zero-order valence-corrected chi connectivity index (χ0v) is 11.4. The summed E-state index contributed by atoms with van der Waals surface area (Å²) in [6.45, 7) is 10.0. The monoisotopic (exact) mass is 220 g/mol. The van der Waals surface area contributed by atoms with Gasteiger partial charge in [-0.15, -0.1) is 0 Å². The van der Waals surface area contributed by atoms with Crippen molar-refractivity contribution in [2.75, 3.05) is 0 Å². The van der Waals surface area contributed by atoms with Crippen LogP contribution in [0.4, 0.5) is 0 Å². The third-order valence-electron chi connectivity index (χ3n) is 6.58.